The Bertz CT molecular complexity index is 681. The van der Waals surface area contributed by atoms with Crippen molar-refractivity contribution in [2.24, 2.45) is 11.7 Å². The van der Waals surface area contributed by atoms with Gasteiger partial charge in [-0.15, -0.1) is 5.10 Å². The zero-order chi connectivity index (χ0) is 16.1. The number of nitrogens with one attached hydrogen (secondary N) is 2. The minimum absolute atomic E-state index is 0.0822. The molecule has 2 aromatic rings. The van der Waals surface area contributed by atoms with Crippen LogP contribution in [-0.4, -0.2) is 33.9 Å². The van der Waals surface area contributed by atoms with Gasteiger partial charge in [0.1, 0.15) is 5.75 Å². The lowest BCUT2D eigenvalue weighted by atomic mass is 10.2. The monoisotopic (exact) mass is 305 g/mol. The summed E-state index contributed by atoms with van der Waals surface area (Å²) in [5, 5.41) is 7.46. The summed E-state index contributed by atoms with van der Waals surface area (Å²) in [7, 11) is 1.56. The van der Waals surface area contributed by atoms with Crippen molar-refractivity contribution >= 4 is 11.8 Å². The standard InChI is InChI=1S/C12H15N7O3/c1-22-8-4-2-7(3-5-8)6-19-10(12(21)16-14)9(17-18-19)11(20)15-13/h2-5H,6,13-14H2,1H3,(H,15,20)(H,16,21). The zero-order valence-electron chi connectivity index (χ0n) is 11.7. The Morgan fingerprint density at radius 2 is 1.82 bits per heavy atom. The molecule has 0 saturated carbocycles. The molecule has 10 heteroatoms. The van der Waals surface area contributed by atoms with E-state index in [0.717, 1.165) is 5.56 Å². The Kier molecular flexibility index (Phi) is 4.66. The van der Waals surface area contributed by atoms with E-state index >= 15 is 0 Å². The van der Waals surface area contributed by atoms with Crippen LogP contribution < -0.4 is 27.3 Å². The van der Waals surface area contributed by atoms with E-state index in [-0.39, 0.29) is 17.9 Å². The molecule has 0 aliphatic carbocycles. The molecule has 1 aromatic heterocycles. The minimum atomic E-state index is -0.736. The molecular formula is C12H15N7O3. The van der Waals surface area contributed by atoms with Crippen LogP contribution in [0.5, 0.6) is 5.75 Å². The first-order valence-electron chi connectivity index (χ1n) is 6.19. The first-order valence-corrected chi connectivity index (χ1v) is 6.19. The molecule has 1 aromatic carbocycles. The number of nitrogens with two attached hydrogens (primary N) is 2. The van der Waals surface area contributed by atoms with Crippen molar-refractivity contribution < 1.29 is 14.3 Å². The molecule has 0 aliphatic rings. The van der Waals surface area contributed by atoms with Gasteiger partial charge in [0.25, 0.3) is 11.8 Å². The molecule has 0 atom stereocenters. The highest BCUT2D eigenvalue weighted by atomic mass is 16.5. The third kappa shape index (κ3) is 3.02. The van der Waals surface area contributed by atoms with Crippen molar-refractivity contribution in [2.45, 2.75) is 6.54 Å². The summed E-state index contributed by atoms with van der Waals surface area (Å²) in [5.74, 6) is 9.45. The lowest BCUT2D eigenvalue weighted by molar-refractivity contribution is 0.0911. The van der Waals surface area contributed by atoms with Crippen LogP contribution >= 0.6 is 0 Å². The fraction of sp³-hybridized carbons (Fsp3) is 0.167. The van der Waals surface area contributed by atoms with Crippen molar-refractivity contribution in [3.63, 3.8) is 0 Å². The third-order valence-corrected chi connectivity index (χ3v) is 2.92. The molecule has 0 aliphatic heterocycles. The summed E-state index contributed by atoms with van der Waals surface area (Å²) >= 11 is 0. The van der Waals surface area contributed by atoms with Gasteiger partial charge in [0.2, 0.25) is 0 Å². The van der Waals surface area contributed by atoms with Crippen molar-refractivity contribution in [1.29, 1.82) is 0 Å². The predicted molar refractivity (Wildman–Crippen MR) is 75.4 cm³/mol. The van der Waals surface area contributed by atoms with Crippen LogP contribution in [0.3, 0.4) is 0 Å². The first-order chi connectivity index (χ1) is 10.6. The number of rotatable bonds is 5. The van der Waals surface area contributed by atoms with Crippen LogP contribution in [0.2, 0.25) is 0 Å². The molecule has 0 saturated heterocycles. The van der Waals surface area contributed by atoms with Crippen LogP contribution in [0, 0.1) is 0 Å². The smallest absolute Gasteiger partial charge is 0.288 e. The zero-order valence-corrected chi connectivity index (χ0v) is 11.7. The van der Waals surface area contributed by atoms with E-state index in [9.17, 15) is 9.59 Å². The van der Waals surface area contributed by atoms with E-state index in [2.05, 4.69) is 10.3 Å². The highest BCUT2D eigenvalue weighted by Gasteiger charge is 2.24. The number of ether oxygens (including phenoxy) is 1. The van der Waals surface area contributed by atoms with E-state index in [4.69, 9.17) is 16.4 Å². The lowest BCUT2D eigenvalue weighted by Crippen LogP contribution is -2.36. The van der Waals surface area contributed by atoms with Crippen molar-refractivity contribution in [1.82, 2.24) is 25.8 Å². The van der Waals surface area contributed by atoms with Crippen LogP contribution in [0.25, 0.3) is 0 Å². The molecule has 0 spiro atoms. The number of carbonyl (C=O) groups is 2. The molecule has 0 bridgehead atoms. The summed E-state index contributed by atoms with van der Waals surface area (Å²) in [6.45, 7) is 0.220. The average molecular weight is 305 g/mol. The molecule has 116 valence electrons. The van der Waals surface area contributed by atoms with Gasteiger partial charge in [-0.3, -0.25) is 20.4 Å². The number of amides is 2. The Balaban J connectivity index is 2.35. The number of hydrogen-bond acceptors (Lipinski definition) is 7. The molecular weight excluding hydrogens is 290 g/mol. The second-order valence-electron chi connectivity index (χ2n) is 4.24. The number of nitrogen functional groups attached to an aromatic ring is 2. The number of benzene rings is 1. The summed E-state index contributed by atoms with van der Waals surface area (Å²) in [4.78, 5) is 23.5. The van der Waals surface area contributed by atoms with Gasteiger partial charge in [-0.05, 0) is 17.7 Å². The number of nitrogens with zero attached hydrogens (tertiary/aromatic N) is 3. The van der Waals surface area contributed by atoms with Crippen LogP contribution in [-0.2, 0) is 6.54 Å². The first kappa shape index (κ1) is 15.4. The maximum absolute atomic E-state index is 11.8. The Morgan fingerprint density at radius 3 is 2.36 bits per heavy atom. The summed E-state index contributed by atoms with van der Waals surface area (Å²) in [6, 6.07) is 7.13. The second kappa shape index (κ2) is 6.65. The average Bonchev–Trinajstić information content (AvgIpc) is 2.97. The molecule has 6 N–H and O–H groups in total. The SMILES string of the molecule is COc1ccc(Cn2nnc(C(=O)NN)c2C(=O)NN)cc1. The van der Waals surface area contributed by atoms with Gasteiger partial charge < -0.3 is 4.74 Å². The topological polar surface area (TPSA) is 150 Å². The van der Waals surface area contributed by atoms with E-state index in [1.165, 1.54) is 4.68 Å². The fourth-order valence-corrected chi connectivity index (χ4v) is 1.84. The van der Waals surface area contributed by atoms with Crippen LogP contribution in [0.4, 0.5) is 0 Å². The number of carbonyl (C=O) groups excluding carboxylic acids is 2. The largest absolute Gasteiger partial charge is 0.497 e. The molecule has 2 rings (SSSR count). The second-order valence-corrected chi connectivity index (χ2v) is 4.24. The predicted octanol–water partition coefficient (Wildman–Crippen LogP) is -1.46. The molecule has 2 amide bonds. The van der Waals surface area contributed by atoms with E-state index in [1.807, 2.05) is 10.9 Å². The van der Waals surface area contributed by atoms with Gasteiger partial charge in [-0.1, -0.05) is 17.3 Å². The van der Waals surface area contributed by atoms with Gasteiger partial charge in [0, 0.05) is 0 Å². The maximum Gasteiger partial charge on any atom is 0.288 e. The summed E-state index contributed by atoms with van der Waals surface area (Å²) in [5.41, 5.74) is 4.39. The maximum atomic E-state index is 11.8. The van der Waals surface area contributed by atoms with E-state index in [0.29, 0.717) is 5.75 Å². The van der Waals surface area contributed by atoms with E-state index in [1.54, 1.807) is 31.4 Å². The highest BCUT2D eigenvalue weighted by molar-refractivity contribution is 6.04. The Morgan fingerprint density at radius 1 is 1.18 bits per heavy atom. The molecule has 10 nitrogen and oxygen atoms in total. The van der Waals surface area contributed by atoms with Gasteiger partial charge in [0.15, 0.2) is 11.4 Å². The van der Waals surface area contributed by atoms with E-state index < -0.39 is 11.8 Å². The minimum Gasteiger partial charge on any atom is -0.497 e. The van der Waals surface area contributed by atoms with Gasteiger partial charge in [-0.25, -0.2) is 16.4 Å². The van der Waals surface area contributed by atoms with Crippen molar-refractivity contribution in [3.8, 4) is 5.75 Å². The summed E-state index contributed by atoms with van der Waals surface area (Å²) in [6.07, 6.45) is 0. The van der Waals surface area contributed by atoms with Gasteiger partial charge in [0.05, 0.1) is 13.7 Å². The number of hydrazine groups is 2. The third-order valence-electron chi connectivity index (χ3n) is 2.92. The number of hydrogen-bond donors (Lipinski definition) is 4. The molecule has 1 heterocycles. The van der Waals surface area contributed by atoms with Crippen molar-refractivity contribution in [3.05, 3.63) is 41.2 Å². The van der Waals surface area contributed by atoms with Gasteiger partial charge >= 0.3 is 0 Å². The normalized spacial score (nSPS) is 10.1. The molecule has 22 heavy (non-hydrogen) atoms. The van der Waals surface area contributed by atoms with Crippen LogP contribution in [0.15, 0.2) is 24.3 Å². The molecule has 0 fully saturated rings. The lowest BCUT2D eigenvalue weighted by Gasteiger charge is -2.07. The Labute approximate surface area is 125 Å². The fourth-order valence-electron chi connectivity index (χ4n) is 1.84. The number of methoxy groups -OCH3 is 1. The molecule has 0 unspecified atom stereocenters. The highest BCUT2D eigenvalue weighted by Crippen LogP contribution is 2.14. The van der Waals surface area contributed by atoms with Crippen LogP contribution in [0.1, 0.15) is 26.5 Å². The quantitative estimate of drug-likeness (QED) is 0.299. The number of aromatic nitrogens is 3. The van der Waals surface area contributed by atoms with Gasteiger partial charge in [-0.2, -0.15) is 0 Å². The summed E-state index contributed by atoms with van der Waals surface area (Å²) < 4.78 is 6.33. The molecule has 0 radical (unpaired) electrons. The Hall–Kier alpha value is -2.98. The van der Waals surface area contributed by atoms with Crippen molar-refractivity contribution in [2.75, 3.05) is 7.11 Å².